The van der Waals surface area contributed by atoms with Crippen LogP contribution in [0, 0.1) is 11.8 Å². The van der Waals surface area contributed by atoms with Crippen LogP contribution in [0.5, 0.6) is 0 Å². The van der Waals surface area contributed by atoms with E-state index in [0.717, 1.165) is 35.8 Å². The Kier molecular flexibility index (Phi) is 7.78. The first kappa shape index (κ1) is 24.7. The molecule has 0 radical (unpaired) electrons. The summed E-state index contributed by atoms with van der Waals surface area (Å²) in [6, 6.07) is 22.8. The molecule has 1 N–H and O–H groups in total. The largest absolute Gasteiger partial charge is 0.356 e. The van der Waals surface area contributed by atoms with Crippen molar-refractivity contribution >= 4 is 32.6 Å². The number of carbonyl (C=O) groups excluding carboxylic acids is 1. The van der Waals surface area contributed by atoms with E-state index in [1.165, 1.54) is 16.3 Å². The second kappa shape index (κ2) is 11.4. The third-order valence-electron chi connectivity index (χ3n) is 6.86. The van der Waals surface area contributed by atoms with Gasteiger partial charge in [-0.2, -0.15) is 4.98 Å². The minimum Gasteiger partial charge on any atom is -0.356 e. The molecule has 186 valence electrons. The highest BCUT2D eigenvalue weighted by Gasteiger charge is 2.27. The minimum absolute atomic E-state index is 0.0176. The topological polar surface area (TPSA) is 71.3 Å². The molecule has 2 heterocycles. The first-order valence-corrected chi connectivity index (χ1v) is 13.4. The number of nitrogens with one attached hydrogen (secondary N) is 1. The second-order valence-electron chi connectivity index (χ2n) is 9.79. The fourth-order valence-electron chi connectivity index (χ4n) is 5.01. The molecule has 7 heteroatoms. The summed E-state index contributed by atoms with van der Waals surface area (Å²) in [6.45, 7) is 5.07. The summed E-state index contributed by atoms with van der Waals surface area (Å²) in [5.74, 6) is 1.64. The van der Waals surface area contributed by atoms with Crippen molar-refractivity contribution in [2.24, 2.45) is 11.8 Å². The normalized spacial score (nSPS) is 17.2. The number of hydrogen-bond donors (Lipinski definition) is 1. The van der Waals surface area contributed by atoms with Gasteiger partial charge in [0.15, 0.2) is 0 Å². The third-order valence-corrected chi connectivity index (χ3v) is 7.35. The Hall–Kier alpha value is -3.03. The van der Waals surface area contributed by atoms with Gasteiger partial charge in [-0.15, -0.1) is 0 Å². The Balaban J connectivity index is 1.12. The molecule has 1 fully saturated rings. The second-order valence-corrected chi connectivity index (χ2v) is 10.7. The minimum atomic E-state index is -0.0176. The molecule has 1 saturated heterocycles. The highest BCUT2D eigenvalue weighted by molar-refractivity contribution is 9.10. The van der Waals surface area contributed by atoms with Crippen LogP contribution in [-0.2, 0) is 17.8 Å². The lowest BCUT2D eigenvalue weighted by molar-refractivity contribution is -0.127. The lowest BCUT2D eigenvalue weighted by Crippen LogP contribution is -2.43. The molecule has 6 nitrogen and oxygen atoms in total. The molecule has 0 spiro atoms. The molecule has 2 atom stereocenters. The zero-order valence-corrected chi connectivity index (χ0v) is 22.1. The molecule has 1 aromatic heterocycles. The molecule has 0 saturated carbocycles. The molecule has 3 aromatic carbocycles. The van der Waals surface area contributed by atoms with Gasteiger partial charge < -0.3 is 9.84 Å². The number of benzene rings is 3. The number of amides is 1. The molecule has 36 heavy (non-hydrogen) atoms. The van der Waals surface area contributed by atoms with Crippen LogP contribution in [0.25, 0.3) is 22.2 Å². The van der Waals surface area contributed by atoms with E-state index in [1.54, 1.807) is 0 Å². The standard InChI is InChI=1S/C29H31BrN4O2/c1-20(15-22-9-4-8-21-7-2-3-13-26(21)22)17-31-29(35)24-11-6-14-34(18-24)19-27-32-28(33-36-27)23-10-5-12-25(30)16-23/h2-5,7-10,12-13,16,20,24H,6,11,14-15,17-19H2,1H3,(H,31,35). The van der Waals surface area contributed by atoms with Crippen molar-refractivity contribution in [1.29, 1.82) is 0 Å². The van der Waals surface area contributed by atoms with E-state index in [0.29, 0.717) is 37.3 Å². The molecule has 1 aliphatic rings. The third kappa shape index (κ3) is 6.02. The van der Waals surface area contributed by atoms with Crippen molar-refractivity contribution in [2.75, 3.05) is 19.6 Å². The zero-order valence-electron chi connectivity index (χ0n) is 20.5. The summed E-state index contributed by atoms with van der Waals surface area (Å²) in [4.78, 5) is 19.8. The fourth-order valence-corrected chi connectivity index (χ4v) is 5.40. The maximum absolute atomic E-state index is 13.0. The van der Waals surface area contributed by atoms with Gasteiger partial charge in [-0.25, -0.2) is 0 Å². The van der Waals surface area contributed by atoms with Crippen LogP contribution in [0.2, 0.25) is 0 Å². The van der Waals surface area contributed by atoms with Gasteiger partial charge >= 0.3 is 0 Å². The van der Waals surface area contributed by atoms with Crippen molar-refractivity contribution in [3.8, 4) is 11.4 Å². The molecule has 0 aliphatic carbocycles. The van der Waals surface area contributed by atoms with Gasteiger partial charge in [-0.3, -0.25) is 9.69 Å². The quantitative estimate of drug-likeness (QED) is 0.299. The number of hydrogen-bond acceptors (Lipinski definition) is 5. The van der Waals surface area contributed by atoms with Gasteiger partial charge in [-0.1, -0.05) is 82.6 Å². The zero-order chi connectivity index (χ0) is 24.9. The van der Waals surface area contributed by atoms with E-state index in [1.807, 2.05) is 24.3 Å². The smallest absolute Gasteiger partial charge is 0.241 e. The summed E-state index contributed by atoms with van der Waals surface area (Å²) in [5, 5.41) is 9.91. The van der Waals surface area contributed by atoms with Crippen LogP contribution >= 0.6 is 15.9 Å². The number of halogens is 1. The van der Waals surface area contributed by atoms with Crippen LogP contribution < -0.4 is 5.32 Å². The maximum atomic E-state index is 13.0. The van der Waals surface area contributed by atoms with Crippen molar-refractivity contribution in [1.82, 2.24) is 20.4 Å². The average Bonchev–Trinajstić information content (AvgIpc) is 3.36. The van der Waals surface area contributed by atoms with E-state index in [4.69, 9.17) is 4.52 Å². The Bertz CT molecular complexity index is 1330. The summed E-state index contributed by atoms with van der Waals surface area (Å²) in [6.07, 6.45) is 2.83. The van der Waals surface area contributed by atoms with E-state index >= 15 is 0 Å². The monoisotopic (exact) mass is 546 g/mol. The van der Waals surface area contributed by atoms with Gasteiger partial charge in [0.2, 0.25) is 17.6 Å². The van der Waals surface area contributed by atoms with Crippen LogP contribution in [0.4, 0.5) is 0 Å². The Labute approximate surface area is 220 Å². The summed E-state index contributed by atoms with van der Waals surface area (Å²) in [7, 11) is 0. The van der Waals surface area contributed by atoms with Gasteiger partial charge in [0, 0.05) is 23.1 Å². The number of nitrogens with zero attached hydrogens (tertiary/aromatic N) is 3. The highest BCUT2D eigenvalue weighted by Crippen LogP contribution is 2.23. The van der Waals surface area contributed by atoms with Gasteiger partial charge in [0.05, 0.1) is 12.5 Å². The maximum Gasteiger partial charge on any atom is 0.241 e. The summed E-state index contributed by atoms with van der Waals surface area (Å²) < 4.78 is 6.48. The average molecular weight is 547 g/mol. The fraction of sp³-hybridized carbons (Fsp3) is 0.345. The van der Waals surface area contributed by atoms with Crippen molar-refractivity contribution in [2.45, 2.75) is 32.7 Å². The molecule has 2 unspecified atom stereocenters. The van der Waals surface area contributed by atoms with Gasteiger partial charge in [0.25, 0.3) is 0 Å². The molecule has 5 rings (SSSR count). The highest BCUT2D eigenvalue weighted by atomic mass is 79.9. The van der Waals surface area contributed by atoms with Gasteiger partial charge in [0.1, 0.15) is 0 Å². The predicted molar refractivity (Wildman–Crippen MR) is 145 cm³/mol. The number of rotatable bonds is 8. The Morgan fingerprint density at radius 1 is 1.17 bits per heavy atom. The number of likely N-dealkylation sites (tertiary alicyclic amines) is 1. The van der Waals surface area contributed by atoms with Gasteiger partial charge in [-0.05, 0) is 60.2 Å². The Morgan fingerprint density at radius 3 is 2.89 bits per heavy atom. The predicted octanol–water partition coefficient (Wildman–Crippen LogP) is 5.86. The van der Waals surface area contributed by atoms with E-state index in [2.05, 4.69) is 85.7 Å². The van der Waals surface area contributed by atoms with Crippen molar-refractivity contribution in [3.05, 3.63) is 82.7 Å². The molecular formula is C29H31BrN4O2. The number of piperidine rings is 1. The molecule has 4 aromatic rings. The van der Waals surface area contributed by atoms with Crippen molar-refractivity contribution in [3.63, 3.8) is 0 Å². The van der Waals surface area contributed by atoms with E-state index in [9.17, 15) is 4.79 Å². The van der Waals surface area contributed by atoms with E-state index in [-0.39, 0.29) is 11.8 Å². The van der Waals surface area contributed by atoms with E-state index < -0.39 is 0 Å². The first-order valence-electron chi connectivity index (χ1n) is 12.6. The lowest BCUT2D eigenvalue weighted by atomic mass is 9.94. The molecule has 1 aliphatic heterocycles. The van der Waals surface area contributed by atoms with Crippen LogP contribution in [-0.4, -0.2) is 40.6 Å². The number of aromatic nitrogens is 2. The first-order chi connectivity index (χ1) is 17.5. The van der Waals surface area contributed by atoms with Crippen LogP contribution in [0.3, 0.4) is 0 Å². The van der Waals surface area contributed by atoms with Crippen LogP contribution in [0.15, 0.2) is 75.7 Å². The number of carbonyl (C=O) groups is 1. The molecule has 1 amide bonds. The van der Waals surface area contributed by atoms with Crippen molar-refractivity contribution < 1.29 is 9.32 Å². The summed E-state index contributed by atoms with van der Waals surface area (Å²) >= 11 is 3.48. The summed E-state index contributed by atoms with van der Waals surface area (Å²) in [5.41, 5.74) is 2.24. The SMILES string of the molecule is CC(CNC(=O)C1CCCN(Cc2nc(-c3cccc(Br)c3)no2)C1)Cc1cccc2ccccc12. The molecular weight excluding hydrogens is 516 g/mol. The lowest BCUT2D eigenvalue weighted by Gasteiger charge is -2.31. The molecule has 0 bridgehead atoms. The Morgan fingerprint density at radius 2 is 2.00 bits per heavy atom. The number of fused-ring (bicyclic) bond motifs is 1. The van der Waals surface area contributed by atoms with Crippen LogP contribution in [0.1, 0.15) is 31.2 Å².